The summed E-state index contributed by atoms with van der Waals surface area (Å²) in [5, 5.41) is 3.44. The number of thiophene rings is 1. The number of aliphatic imine (C=N–C) groups is 1. The van der Waals surface area contributed by atoms with Gasteiger partial charge in [-0.2, -0.15) is 13.2 Å². The van der Waals surface area contributed by atoms with E-state index in [-0.39, 0.29) is 23.4 Å². The number of hydrogen-bond acceptors (Lipinski definition) is 5. The molecule has 0 radical (unpaired) electrons. The number of nitrogens with zero attached hydrogens (tertiary/aromatic N) is 4. The molecular formula is C18H24F3N5O3S. The molecule has 30 heavy (non-hydrogen) atoms. The zero-order valence-electron chi connectivity index (χ0n) is 17.0. The Kier molecular flexibility index (Phi) is 6.56. The molecule has 8 nitrogen and oxygen atoms in total. The van der Waals surface area contributed by atoms with Crippen molar-refractivity contribution in [3.05, 3.63) is 31.3 Å². The maximum atomic E-state index is 13.0. The van der Waals surface area contributed by atoms with Gasteiger partial charge < -0.3 is 15.0 Å². The largest absolute Gasteiger partial charge is 0.390 e. The molecule has 0 spiro atoms. The molecule has 2 aromatic heterocycles. The normalized spacial score (nSPS) is 16.1. The highest BCUT2D eigenvalue weighted by Crippen LogP contribution is 2.30. The zero-order chi connectivity index (χ0) is 22.1. The summed E-state index contributed by atoms with van der Waals surface area (Å²) in [6.07, 6.45) is -5.57. The molecule has 1 N–H and O–H groups in total. The molecule has 3 heterocycles. The van der Waals surface area contributed by atoms with E-state index >= 15 is 0 Å². The Hall–Kier alpha value is -2.34. The summed E-state index contributed by atoms with van der Waals surface area (Å²) in [6.45, 7) is 3.21. The van der Waals surface area contributed by atoms with Crippen LogP contribution in [0.25, 0.3) is 10.2 Å². The van der Waals surface area contributed by atoms with E-state index in [9.17, 15) is 22.8 Å². The topological polar surface area (TPSA) is 80.9 Å². The number of nitrogens with one attached hydrogen (secondary N) is 1. The lowest BCUT2D eigenvalue weighted by molar-refractivity contribution is -0.136. The number of guanidine groups is 1. The van der Waals surface area contributed by atoms with E-state index in [1.54, 1.807) is 14.0 Å². The second-order valence-corrected chi connectivity index (χ2v) is 8.06. The molecule has 0 amide bonds. The monoisotopic (exact) mass is 447 g/mol. The Balaban J connectivity index is 2.14. The Morgan fingerprint density at radius 2 is 1.97 bits per heavy atom. The maximum absolute atomic E-state index is 13.0. The number of aromatic nitrogens is 2. The summed E-state index contributed by atoms with van der Waals surface area (Å²) in [5.41, 5.74) is -0.575. The molecule has 12 heteroatoms. The molecule has 1 fully saturated rings. The van der Waals surface area contributed by atoms with Crippen molar-refractivity contribution >= 4 is 27.5 Å². The summed E-state index contributed by atoms with van der Waals surface area (Å²) in [6, 6.07) is 0. The van der Waals surface area contributed by atoms with Crippen molar-refractivity contribution in [2.45, 2.75) is 39.2 Å². The van der Waals surface area contributed by atoms with Crippen molar-refractivity contribution in [3.8, 4) is 0 Å². The van der Waals surface area contributed by atoms with Crippen molar-refractivity contribution in [3.63, 3.8) is 0 Å². The fraction of sp³-hybridized carbons (Fsp3) is 0.611. The van der Waals surface area contributed by atoms with Crippen LogP contribution in [0.2, 0.25) is 0 Å². The van der Waals surface area contributed by atoms with Crippen LogP contribution in [0.5, 0.6) is 0 Å². The van der Waals surface area contributed by atoms with Crippen LogP contribution in [-0.4, -0.2) is 60.0 Å². The highest BCUT2D eigenvalue weighted by molar-refractivity contribution is 7.18. The second kappa shape index (κ2) is 8.80. The smallest absolute Gasteiger partial charge is 0.383 e. The molecule has 0 unspecified atom stereocenters. The highest BCUT2D eigenvalue weighted by Gasteiger charge is 2.29. The lowest BCUT2D eigenvalue weighted by Gasteiger charge is -2.16. The third-order valence-electron chi connectivity index (χ3n) is 5.04. The molecule has 0 aromatic carbocycles. The van der Waals surface area contributed by atoms with Gasteiger partial charge in [0.05, 0.1) is 31.5 Å². The molecule has 0 bridgehead atoms. The lowest BCUT2D eigenvalue weighted by atomic mass is 10.2. The average molecular weight is 447 g/mol. The Morgan fingerprint density at radius 1 is 1.23 bits per heavy atom. The fourth-order valence-corrected chi connectivity index (χ4v) is 4.81. The predicted molar refractivity (Wildman–Crippen MR) is 109 cm³/mol. The SMILES string of the molecule is C/N=C1\NCCN1Cc1sc2c(c1C)c(=O)n(CCOC)c(=O)n2CCC(F)(F)F. The van der Waals surface area contributed by atoms with E-state index in [2.05, 4.69) is 10.3 Å². The van der Waals surface area contributed by atoms with Crippen molar-refractivity contribution in [2.24, 2.45) is 4.99 Å². The van der Waals surface area contributed by atoms with E-state index in [0.717, 1.165) is 33.1 Å². The molecule has 166 valence electrons. The zero-order valence-corrected chi connectivity index (χ0v) is 17.8. The van der Waals surface area contributed by atoms with E-state index in [1.807, 2.05) is 4.90 Å². The van der Waals surface area contributed by atoms with E-state index in [0.29, 0.717) is 12.1 Å². The summed E-state index contributed by atoms with van der Waals surface area (Å²) < 4.78 is 45.6. The molecule has 1 saturated heterocycles. The predicted octanol–water partition coefficient (Wildman–Crippen LogP) is 1.52. The minimum atomic E-state index is -4.41. The third kappa shape index (κ3) is 4.38. The number of methoxy groups -OCH3 is 1. The van der Waals surface area contributed by atoms with Gasteiger partial charge in [0.15, 0.2) is 5.96 Å². The van der Waals surface area contributed by atoms with Gasteiger partial charge in [0.2, 0.25) is 0 Å². The number of rotatable bonds is 7. The molecular weight excluding hydrogens is 423 g/mol. The molecule has 0 aliphatic carbocycles. The number of alkyl halides is 3. The Morgan fingerprint density at radius 3 is 2.60 bits per heavy atom. The minimum Gasteiger partial charge on any atom is -0.383 e. The van der Waals surface area contributed by atoms with Crippen molar-refractivity contribution in [2.75, 3.05) is 33.9 Å². The second-order valence-electron chi connectivity index (χ2n) is 6.97. The average Bonchev–Trinajstić information content (AvgIpc) is 3.25. The highest BCUT2D eigenvalue weighted by atomic mass is 32.1. The van der Waals surface area contributed by atoms with E-state index in [4.69, 9.17) is 4.74 Å². The Labute approximate surface area is 174 Å². The van der Waals surface area contributed by atoms with Crippen LogP contribution in [0, 0.1) is 6.92 Å². The molecule has 0 atom stereocenters. The van der Waals surface area contributed by atoms with Gasteiger partial charge in [-0.1, -0.05) is 0 Å². The maximum Gasteiger partial charge on any atom is 0.390 e. The molecule has 1 aliphatic rings. The third-order valence-corrected chi connectivity index (χ3v) is 6.34. The van der Waals surface area contributed by atoms with Crippen LogP contribution in [0.15, 0.2) is 14.6 Å². The van der Waals surface area contributed by atoms with Crippen molar-refractivity contribution < 1.29 is 17.9 Å². The summed E-state index contributed by atoms with van der Waals surface area (Å²) in [7, 11) is 3.10. The number of hydrogen-bond donors (Lipinski definition) is 1. The van der Waals surface area contributed by atoms with Crippen LogP contribution in [0.3, 0.4) is 0 Å². The first-order chi connectivity index (χ1) is 14.2. The number of fused-ring (bicyclic) bond motifs is 1. The first-order valence-electron chi connectivity index (χ1n) is 9.44. The summed E-state index contributed by atoms with van der Waals surface area (Å²) >= 11 is 1.19. The van der Waals surface area contributed by atoms with Gasteiger partial charge in [-0.15, -0.1) is 11.3 Å². The quantitative estimate of drug-likeness (QED) is 0.696. The molecule has 0 saturated carbocycles. The Bertz CT molecular complexity index is 1070. The lowest BCUT2D eigenvalue weighted by Crippen LogP contribution is -2.41. The van der Waals surface area contributed by atoms with Crippen LogP contribution in [0.4, 0.5) is 13.2 Å². The summed E-state index contributed by atoms with van der Waals surface area (Å²) in [4.78, 5) is 33.2. The van der Waals surface area contributed by atoms with Crippen LogP contribution in [-0.2, 0) is 24.4 Å². The molecule has 3 rings (SSSR count). The van der Waals surface area contributed by atoms with E-state index < -0.39 is 30.4 Å². The standard InChI is InChI=1S/C18H24F3N5O3S/c1-11-12(10-24-7-5-23-16(24)22-2)30-15-13(11)14(27)25(8-9-29-3)17(28)26(15)6-4-18(19,20)21/h4-10H2,1-3H3,(H,22,23). The van der Waals surface area contributed by atoms with Gasteiger partial charge in [0.1, 0.15) is 4.83 Å². The first-order valence-corrected chi connectivity index (χ1v) is 10.3. The fourth-order valence-electron chi connectivity index (χ4n) is 3.47. The first kappa shape index (κ1) is 22.3. The minimum absolute atomic E-state index is 0.0244. The van der Waals surface area contributed by atoms with Gasteiger partial charge in [-0.3, -0.25) is 18.9 Å². The van der Waals surface area contributed by atoms with Crippen LogP contribution < -0.4 is 16.6 Å². The van der Waals surface area contributed by atoms with Crippen LogP contribution in [0.1, 0.15) is 16.9 Å². The van der Waals surface area contributed by atoms with E-state index in [1.165, 1.54) is 18.4 Å². The summed E-state index contributed by atoms with van der Waals surface area (Å²) in [5.74, 6) is 0.721. The van der Waals surface area contributed by atoms with Crippen molar-refractivity contribution in [1.82, 2.24) is 19.4 Å². The van der Waals surface area contributed by atoms with Crippen LogP contribution >= 0.6 is 11.3 Å². The van der Waals surface area contributed by atoms with Gasteiger partial charge >= 0.3 is 11.9 Å². The van der Waals surface area contributed by atoms with Gasteiger partial charge in [0.25, 0.3) is 5.56 Å². The number of ether oxygens (including phenoxy) is 1. The van der Waals surface area contributed by atoms with Gasteiger partial charge in [-0.05, 0) is 12.5 Å². The molecule has 2 aromatic rings. The number of halogens is 3. The van der Waals surface area contributed by atoms with Crippen molar-refractivity contribution in [1.29, 1.82) is 0 Å². The number of aryl methyl sites for hydroxylation is 2. The van der Waals surface area contributed by atoms with Gasteiger partial charge in [0, 0.05) is 38.7 Å². The van der Waals surface area contributed by atoms with Gasteiger partial charge in [-0.25, -0.2) is 4.79 Å². The molecule has 1 aliphatic heterocycles.